The van der Waals surface area contributed by atoms with E-state index in [-0.39, 0.29) is 85.2 Å². The van der Waals surface area contributed by atoms with E-state index in [1.165, 1.54) is 66.9 Å². The van der Waals surface area contributed by atoms with Crippen molar-refractivity contribution in [2.45, 2.75) is 260 Å². The molecule has 0 bridgehead atoms. The van der Waals surface area contributed by atoms with Gasteiger partial charge in [0.2, 0.25) is 0 Å². The normalized spacial score (nSPS) is 37.1. The molecule has 12 unspecified atom stereocenters. The fraction of sp³-hybridized carbons (Fsp3) is 0.708. The van der Waals surface area contributed by atoms with Crippen LogP contribution in [0.5, 0.6) is 46.0 Å². The molecule has 24 heteroatoms. The van der Waals surface area contributed by atoms with Crippen molar-refractivity contribution in [3.63, 3.8) is 0 Å². The fourth-order valence-electron chi connectivity index (χ4n) is 16.9. The van der Waals surface area contributed by atoms with Crippen LogP contribution < -0.4 is 60.8 Å². The van der Waals surface area contributed by atoms with Crippen molar-refractivity contribution in [2.75, 3.05) is 109 Å². The van der Waals surface area contributed by atoms with Gasteiger partial charge in [-0.25, -0.2) is 0 Å². The van der Waals surface area contributed by atoms with Gasteiger partial charge in [-0.05, 0) is 192 Å². The standard InChI is InChI=1S/4C24H38N2O4/c4*1-14(2)9-17-13-26-8-7-16-10-21(28-5)22(29-6)11-18(16)19(26)12-20(17)30-24(27)23(25)15(3)4/h4*10-11,14-15,17,19-20,23H,7-9,12-13,25H2,1-6H3/t4*17?,19?,20?,23-/m0000/s1/i3D3,4D3,5D3,15D,19D,20D,23D;2*3D3,4D3,15D,19D,20D,23D;3D3,4D3,5D3,15D,19D,23D. The second-order valence-corrected chi connectivity index (χ2v) is 32.6. The number of ether oxygens (including phenoxy) is 12. The molecule has 120 heavy (non-hydrogen) atoms. The van der Waals surface area contributed by atoms with Gasteiger partial charge in [0.25, 0.3) is 0 Å². The van der Waals surface area contributed by atoms with E-state index in [9.17, 15) is 28.8 Å². The van der Waals surface area contributed by atoms with Crippen molar-refractivity contribution >= 4 is 23.9 Å². The van der Waals surface area contributed by atoms with E-state index >= 15 is 0 Å². The molecule has 12 rings (SSSR count). The summed E-state index contributed by atoms with van der Waals surface area (Å²) in [7, 11) is 2.99. The minimum absolute atomic E-state index is 0.0155. The summed E-state index contributed by atoms with van der Waals surface area (Å²) < 4.78 is 426. The molecule has 0 saturated carbocycles. The van der Waals surface area contributed by atoms with E-state index in [1.54, 1.807) is 29.2 Å². The first-order chi connectivity index (χ1) is 74.3. The van der Waals surface area contributed by atoms with Gasteiger partial charge in [-0.15, -0.1) is 0 Å². The van der Waals surface area contributed by atoms with Gasteiger partial charge in [0, 0.05) is 164 Å². The molecule has 4 saturated heterocycles. The average Bonchev–Trinajstić information content (AvgIpc) is 0.712. The van der Waals surface area contributed by atoms with Crippen LogP contribution in [0.4, 0.5) is 0 Å². The van der Waals surface area contributed by atoms with Crippen LogP contribution in [-0.2, 0) is 63.8 Å². The summed E-state index contributed by atoms with van der Waals surface area (Å²) >= 11 is 0. The Bertz CT molecular complexity index is 5830. The Morgan fingerprint density at radius 3 is 0.817 bits per heavy atom. The highest BCUT2D eigenvalue weighted by Gasteiger charge is 2.47. The van der Waals surface area contributed by atoms with Gasteiger partial charge in [-0.1, -0.05) is 110 Å². The van der Waals surface area contributed by atoms with Gasteiger partial charge in [-0.3, -0.25) is 38.8 Å². The van der Waals surface area contributed by atoms with Crippen LogP contribution in [-0.4, -0.2) is 201 Å². The van der Waals surface area contributed by atoms with Gasteiger partial charge >= 0.3 is 23.9 Å². The number of carbonyl (C=O) groups excluding carboxylic acids is 4. The third-order valence-electron chi connectivity index (χ3n) is 22.6. The van der Waals surface area contributed by atoms with E-state index in [0.29, 0.717) is 134 Å². The molecule has 8 N–H and O–H groups in total. The molecule has 24 nitrogen and oxygen atoms in total. The van der Waals surface area contributed by atoms with E-state index in [4.69, 9.17) is 132 Å². The SMILES string of the molecule is [2H]C([2H])([2H])Oc1cc2c(cc1OC)C1([2H])CC(OC(=O)[C@@]([2H])(N)C([2H])(C([2H])([2H])[2H])C([2H])([2H])[2H])C(CC(C)C)CN1CC2.[2H]C([2H])([2H])Oc1cc2c(cc1OC)C1([2H])CC([2H])(OC(=O)[C@@]([2H])(N)C([2H])(C([2H])([2H])[2H])C([2H])([2H])[2H])C(CC(C)C)CN1CC2.[2H]C1(OC(=O)[C@@]([2H])(N)C([2H])(C([2H])([2H])[2H])C([2H])([2H])[2H])CC2([2H])c3cc(OC)c(OC)cc3CCN2CC1CC(C)C.[2H]C1(OC(=O)[C@@]([2H])(N)C([2H])(C([2H])([2H])[2H])C([2H])([2H])[2H])CC2([2H])c3cc(OC)c(OC)cc3CCN2CC1CC(C)C. The van der Waals surface area contributed by atoms with Crippen molar-refractivity contribution in [2.24, 2.45) is 93.9 Å². The minimum Gasteiger partial charge on any atom is -0.493 e. The third-order valence-corrected chi connectivity index (χ3v) is 22.6. The highest BCUT2D eigenvalue weighted by Crippen LogP contribution is 2.50. The number of methoxy groups -OCH3 is 8. The van der Waals surface area contributed by atoms with Crippen molar-refractivity contribution < 1.29 is 138 Å². The third kappa shape index (κ3) is 23.8. The summed E-state index contributed by atoms with van der Waals surface area (Å²) in [6.45, 7) is -11.8. The molecule has 4 fully saturated rings. The first-order valence-electron chi connectivity index (χ1n) is 62.7. The lowest BCUT2D eigenvalue weighted by Crippen LogP contribution is -2.51. The molecular weight excluding hydrogens is 1520 g/mol. The molecule has 0 spiro atoms. The minimum atomic E-state index is -3.81. The quantitative estimate of drug-likeness (QED) is 0.0303. The first kappa shape index (κ1) is 51.3. The first-order valence-corrected chi connectivity index (χ1v) is 40.2. The summed E-state index contributed by atoms with van der Waals surface area (Å²) in [6.07, 6.45) is -5.66. The average molecular weight is 1720 g/mol. The lowest BCUT2D eigenvalue weighted by molar-refractivity contribution is -0.161. The lowest BCUT2D eigenvalue weighted by Gasteiger charge is -2.47. The summed E-state index contributed by atoms with van der Waals surface area (Å²) in [4.78, 5) is 61.1. The summed E-state index contributed by atoms with van der Waals surface area (Å²) in [6, 6.07) is -8.09. The van der Waals surface area contributed by atoms with Crippen molar-refractivity contribution in [3.05, 3.63) is 93.0 Å². The number of hydrogen-bond donors (Lipinski definition) is 4. The maximum Gasteiger partial charge on any atom is 0.323 e. The number of esters is 4. The van der Waals surface area contributed by atoms with E-state index in [1.807, 2.05) is 70.1 Å². The summed E-state index contributed by atoms with van der Waals surface area (Å²) in [5, 5.41) is 0. The van der Waals surface area contributed by atoms with Crippen molar-refractivity contribution in [1.82, 2.24) is 19.6 Å². The molecule has 0 radical (unpaired) electrons. The second kappa shape index (κ2) is 43.9. The predicted octanol–water partition coefficient (Wildman–Crippen LogP) is 14.3. The zero-order chi connectivity index (χ0) is 127. The summed E-state index contributed by atoms with van der Waals surface area (Å²) in [5.41, 5.74) is 27.6. The zero-order valence-electron chi connectivity index (χ0n) is 116. The van der Waals surface area contributed by atoms with Crippen LogP contribution in [0.1, 0.15) is 292 Å². The van der Waals surface area contributed by atoms with Gasteiger partial charge in [0.05, 0.1) is 80.0 Å². The Balaban J connectivity index is 0.000000242. The van der Waals surface area contributed by atoms with Crippen LogP contribution in [0.3, 0.4) is 0 Å². The number of fused-ring (bicyclic) bond motifs is 12. The molecule has 16 atom stereocenters. The van der Waals surface area contributed by atoms with Crippen LogP contribution in [0.15, 0.2) is 48.5 Å². The molecule has 0 amide bonds. The van der Waals surface area contributed by atoms with Crippen molar-refractivity contribution in [3.8, 4) is 46.0 Å². The van der Waals surface area contributed by atoms with Crippen LogP contribution in [0.25, 0.3) is 0 Å². The molecule has 8 aliphatic rings. The molecule has 672 valence electrons. The van der Waals surface area contributed by atoms with Crippen molar-refractivity contribution in [1.29, 1.82) is 0 Å². The Morgan fingerprint density at radius 2 is 0.575 bits per heavy atom. The van der Waals surface area contributed by atoms with Gasteiger partial charge < -0.3 is 79.8 Å². The van der Waals surface area contributed by atoms with Gasteiger partial charge in [0.1, 0.15) is 48.4 Å². The largest absolute Gasteiger partial charge is 0.493 e. The lowest BCUT2D eigenvalue weighted by atomic mass is 9.79. The molecule has 4 aromatic carbocycles. The number of rotatable bonds is 28. The maximum atomic E-state index is 13.5. The number of hydrogen-bond acceptors (Lipinski definition) is 24. The van der Waals surface area contributed by atoms with E-state index in [0.717, 1.165) is 11.1 Å². The van der Waals surface area contributed by atoms with E-state index < -0.39 is 226 Å². The molecular formula is C96H152N8O16. The molecule has 4 aromatic rings. The zero-order valence-corrected chi connectivity index (χ0v) is 71.1. The Kier molecular flexibility index (Phi) is 18.8. The van der Waals surface area contributed by atoms with Crippen LogP contribution in [0.2, 0.25) is 0 Å². The fourth-order valence-corrected chi connectivity index (χ4v) is 16.9. The molecule has 0 aliphatic carbocycles. The molecule has 0 aromatic heterocycles. The van der Waals surface area contributed by atoms with Crippen LogP contribution >= 0.6 is 0 Å². The second-order valence-electron chi connectivity index (χ2n) is 32.6. The Hall–Kier alpha value is -7.16. The molecule has 8 aliphatic heterocycles. The highest BCUT2D eigenvalue weighted by molar-refractivity contribution is 5.77. The van der Waals surface area contributed by atoms with Crippen LogP contribution in [0, 0.1) is 70.9 Å². The van der Waals surface area contributed by atoms with E-state index in [2.05, 4.69) is 0 Å². The number of carbonyl (C=O) groups is 4. The number of nitrogens with two attached hydrogens (primary N) is 4. The smallest absolute Gasteiger partial charge is 0.323 e. The monoisotopic (exact) mass is 1720 g/mol. The number of benzene rings is 4. The van der Waals surface area contributed by atoms with Gasteiger partial charge in [-0.2, -0.15) is 0 Å². The van der Waals surface area contributed by atoms with Gasteiger partial charge in [0.15, 0.2) is 46.0 Å². The number of piperidine rings is 4. The Labute approximate surface area is 781 Å². The Morgan fingerprint density at radius 1 is 0.350 bits per heavy atom. The molecule has 8 heterocycles. The highest BCUT2D eigenvalue weighted by atomic mass is 16.6. The predicted molar refractivity (Wildman–Crippen MR) is 471 cm³/mol. The topological polar surface area (TPSA) is 296 Å². The summed E-state index contributed by atoms with van der Waals surface area (Å²) in [5.74, 6) is -22.9. The maximum absolute atomic E-state index is 13.5. The number of nitrogens with zero attached hydrogens (tertiary/aromatic N) is 4.